The number of allylic oxidation sites excluding steroid dienone is 4. The van der Waals surface area contributed by atoms with Crippen LogP contribution >= 0.6 is 7.82 Å². The summed E-state index contributed by atoms with van der Waals surface area (Å²) in [5.74, 6) is -2.01. The average Bonchev–Trinajstić information content (AvgIpc) is 0.763. The van der Waals surface area contributed by atoms with Crippen LogP contribution in [-0.2, 0) is 61.2 Å². The zero-order valence-corrected chi connectivity index (χ0v) is 60.0. The minimum atomic E-state index is -5.70. The van der Waals surface area contributed by atoms with E-state index in [1.807, 2.05) is 0 Å². The van der Waals surface area contributed by atoms with Gasteiger partial charge in [0.2, 0.25) is 0 Å². The van der Waals surface area contributed by atoms with Crippen LogP contribution in [0.1, 0.15) is 284 Å². The number of esters is 3. The van der Waals surface area contributed by atoms with E-state index in [1.54, 1.807) is 0 Å². The second-order valence-corrected chi connectivity index (χ2v) is 28.4. The van der Waals surface area contributed by atoms with Crippen molar-refractivity contribution in [3.05, 3.63) is 24.3 Å². The van der Waals surface area contributed by atoms with E-state index in [-0.39, 0.29) is 19.3 Å². The molecule has 24 nitrogen and oxygen atoms in total. The summed E-state index contributed by atoms with van der Waals surface area (Å²) in [6.07, 6.45) is 13.9. The van der Waals surface area contributed by atoms with Crippen molar-refractivity contribution < 1.29 is 117 Å². The highest BCUT2D eigenvalue weighted by Gasteiger charge is 2.58. The van der Waals surface area contributed by atoms with Crippen molar-refractivity contribution in [1.29, 1.82) is 0 Å². The summed E-state index contributed by atoms with van der Waals surface area (Å²) in [6.45, 7) is 3.41. The SMILES string of the molecule is CCCCCC/C=C\CCCCCCCCCC(=O)OCC(COP(=O)(O)OC1C(OC2OC(CO)C(O)C(O)C2O)C(O)C(O)C(O)C1OC1OC(COC(=O)CCCCCCCCCCCCCCC)C(O)C(O)C1O)OC(=O)CCCCC/C=C\CCCCCCCCC. The number of phosphoric ester groups is 1. The third kappa shape index (κ3) is 37.4. The standard InChI is InChI=1S/C72H131O24P/c1-4-7-10-13-16-19-22-25-27-30-32-34-37-40-43-46-56(74)88-50-53(91-58(76)48-45-42-39-36-33-29-26-23-20-17-14-11-8-5-2)51-90-97(86,87)96-70-68(94-71-66(84)61(79)59(77)54(49-73)92-71)64(82)63(81)65(83)69(70)95-72-67(85)62(80)60(78)55(93-72)52-89-57(75)47-44-41-38-35-31-28-24-21-18-15-12-9-6-3/h19,22,29,33,53-55,59-73,77-85H,4-18,20-21,23-28,30-32,34-52H2,1-3H3,(H,86,87)/b22-19-,33-29-. The summed E-state index contributed by atoms with van der Waals surface area (Å²) in [6, 6.07) is 0. The van der Waals surface area contributed by atoms with E-state index in [1.165, 1.54) is 109 Å². The molecule has 97 heavy (non-hydrogen) atoms. The molecule has 568 valence electrons. The maximum atomic E-state index is 14.3. The van der Waals surface area contributed by atoms with Gasteiger partial charge in [-0.1, -0.05) is 218 Å². The lowest BCUT2D eigenvalue weighted by atomic mass is 9.84. The lowest BCUT2D eigenvalue weighted by molar-refractivity contribution is -0.360. The molecule has 0 aromatic rings. The number of aliphatic hydroxyl groups is 10. The Kier molecular flexibility index (Phi) is 49.5. The molecule has 1 saturated carbocycles. The number of phosphoric acid groups is 1. The van der Waals surface area contributed by atoms with Crippen molar-refractivity contribution >= 4 is 25.7 Å². The molecule has 3 aliphatic rings. The molecule has 0 bridgehead atoms. The minimum Gasteiger partial charge on any atom is -0.463 e. The first-order valence-corrected chi connectivity index (χ1v) is 39.1. The van der Waals surface area contributed by atoms with Gasteiger partial charge < -0.3 is 89.1 Å². The van der Waals surface area contributed by atoms with Gasteiger partial charge in [0.1, 0.15) is 98.7 Å². The number of carbonyl (C=O) groups is 3. The van der Waals surface area contributed by atoms with E-state index in [0.717, 1.165) is 109 Å². The number of unbranched alkanes of at least 4 members (excludes halogenated alkanes) is 33. The van der Waals surface area contributed by atoms with Gasteiger partial charge in [0.05, 0.1) is 13.2 Å². The molecule has 3 fully saturated rings. The Bertz CT molecular complexity index is 2110. The second-order valence-electron chi connectivity index (χ2n) is 27.0. The first kappa shape index (κ1) is 88.7. The van der Waals surface area contributed by atoms with E-state index in [0.29, 0.717) is 25.7 Å². The van der Waals surface area contributed by atoms with Crippen LogP contribution < -0.4 is 0 Å². The highest BCUT2D eigenvalue weighted by atomic mass is 31.2. The predicted molar refractivity (Wildman–Crippen MR) is 365 cm³/mol. The number of hydrogen-bond donors (Lipinski definition) is 11. The Morgan fingerprint density at radius 2 is 0.722 bits per heavy atom. The molecule has 0 amide bonds. The molecule has 2 saturated heterocycles. The Morgan fingerprint density at radius 1 is 0.392 bits per heavy atom. The summed E-state index contributed by atoms with van der Waals surface area (Å²) < 4.78 is 65.0. The number of rotatable bonds is 58. The smallest absolute Gasteiger partial charge is 0.463 e. The number of aliphatic hydroxyl groups excluding tert-OH is 10. The molecular weight excluding hydrogens is 1280 g/mol. The number of hydrogen-bond acceptors (Lipinski definition) is 23. The maximum absolute atomic E-state index is 14.3. The Morgan fingerprint density at radius 3 is 1.13 bits per heavy atom. The summed E-state index contributed by atoms with van der Waals surface area (Å²) in [5, 5.41) is 110. The average molecular weight is 1410 g/mol. The van der Waals surface area contributed by atoms with E-state index >= 15 is 0 Å². The fourth-order valence-corrected chi connectivity index (χ4v) is 13.2. The second kappa shape index (κ2) is 54.1. The zero-order valence-electron chi connectivity index (χ0n) is 59.1. The van der Waals surface area contributed by atoms with Gasteiger partial charge in [0.25, 0.3) is 0 Å². The molecule has 0 radical (unpaired) electrons. The molecule has 3 rings (SSSR count). The van der Waals surface area contributed by atoms with Crippen LogP contribution in [0.2, 0.25) is 0 Å². The lowest BCUT2D eigenvalue weighted by Crippen LogP contribution is -2.69. The van der Waals surface area contributed by atoms with Gasteiger partial charge in [-0.3, -0.25) is 23.4 Å². The first-order chi connectivity index (χ1) is 46.8. The Labute approximate surface area is 579 Å². The lowest BCUT2D eigenvalue weighted by Gasteiger charge is -2.49. The summed E-state index contributed by atoms with van der Waals surface area (Å²) in [5.41, 5.74) is 0. The molecule has 18 atom stereocenters. The topological polar surface area (TPSA) is 374 Å². The van der Waals surface area contributed by atoms with E-state index in [4.69, 9.17) is 42.2 Å². The summed E-state index contributed by atoms with van der Waals surface area (Å²) in [7, 11) is -5.70. The first-order valence-electron chi connectivity index (χ1n) is 37.6. The van der Waals surface area contributed by atoms with Crippen molar-refractivity contribution in [2.75, 3.05) is 26.4 Å². The van der Waals surface area contributed by atoms with Gasteiger partial charge in [-0.25, -0.2) is 4.57 Å². The normalized spacial score (nSPS) is 27.9. The van der Waals surface area contributed by atoms with Gasteiger partial charge in [-0.2, -0.15) is 0 Å². The van der Waals surface area contributed by atoms with Gasteiger partial charge >= 0.3 is 25.7 Å². The van der Waals surface area contributed by atoms with Crippen molar-refractivity contribution in [3.63, 3.8) is 0 Å². The highest BCUT2D eigenvalue weighted by Crippen LogP contribution is 2.49. The quantitative estimate of drug-likeness (QED) is 0.00886. The van der Waals surface area contributed by atoms with Crippen LogP contribution in [0, 0.1) is 0 Å². The minimum absolute atomic E-state index is 0.0304. The van der Waals surface area contributed by atoms with Crippen LogP contribution in [0.15, 0.2) is 24.3 Å². The van der Waals surface area contributed by atoms with Crippen molar-refractivity contribution in [3.8, 4) is 0 Å². The zero-order chi connectivity index (χ0) is 71.1. The Balaban J connectivity index is 1.74. The molecule has 1 aliphatic carbocycles. The van der Waals surface area contributed by atoms with E-state index in [9.17, 15) is 74.9 Å². The van der Waals surface area contributed by atoms with Crippen molar-refractivity contribution in [2.45, 2.75) is 388 Å². The largest absolute Gasteiger partial charge is 0.472 e. The molecule has 18 unspecified atom stereocenters. The molecule has 2 aliphatic heterocycles. The van der Waals surface area contributed by atoms with E-state index < -0.39 is 156 Å². The third-order valence-corrected chi connectivity index (χ3v) is 19.4. The fourth-order valence-electron chi connectivity index (χ4n) is 12.3. The molecule has 0 aromatic heterocycles. The third-order valence-electron chi connectivity index (χ3n) is 18.5. The molecule has 0 aromatic carbocycles. The maximum Gasteiger partial charge on any atom is 0.472 e. The summed E-state index contributed by atoms with van der Waals surface area (Å²) in [4.78, 5) is 51.0. The van der Waals surface area contributed by atoms with Gasteiger partial charge in [0, 0.05) is 19.3 Å². The van der Waals surface area contributed by atoms with Crippen LogP contribution in [0.5, 0.6) is 0 Å². The number of ether oxygens (including phenoxy) is 7. The molecule has 2 heterocycles. The van der Waals surface area contributed by atoms with E-state index in [2.05, 4.69) is 45.1 Å². The Hall–Kier alpha value is -2.56. The van der Waals surface area contributed by atoms with Gasteiger partial charge in [-0.15, -0.1) is 0 Å². The predicted octanol–water partition coefficient (Wildman–Crippen LogP) is 10.1. The fraction of sp³-hybridized carbons (Fsp3) is 0.903. The van der Waals surface area contributed by atoms with Gasteiger partial charge in [0.15, 0.2) is 18.7 Å². The van der Waals surface area contributed by atoms with Crippen LogP contribution in [-0.4, -0.2) is 204 Å². The van der Waals surface area contributed by atoms with Crippen molar-refractivity contribution in [1.82, 2.24) is 0 Å². The van der Waals surface area contributed by atoms with Crippen LogP contribution in [0.3, 0.4) is 0 Å². The summed E-state index contributed by atoms with van der Waals surface area (Å²) >= 11 is 0. The van der Waals surface area contributed by atoms with Crippen LogP contribution in [0.4, 0.5) is 0 Å². The monoisotopic (exact) mass is 1410 g/mol. The molecule has 25 heteroatoms. The molecule has 0 spiro atoms. The molecule has 11 N–H and O–H groups in total. The molecular formula is C72H131O24P. The van der Waals surface area contributed by atoms with Crippen LogP contribution in [0.25, 0.3) is 0 Å². The van der Waals surface area contributed by atoms with Gasteiger partial charge in [-0.05, 0) is 70.6 Å². The van der Waals surface area contributed by atoms with Crippen molar-refractivity contribution in [2.24, 2.45) is 0 Å². The number of carbonyl (C=O) groups excluding carboxylic acids is 3. The highest BCUT2D eigenvalue weighted by molar-refractivity contribution is 7.47.